The predicted molar refractivity (Wildman–Crippen MR) is 487 cm³/mol. The number of primary amides is 1. The lowest BCUT2D eigenvalue weighted by Gasteiger charge is -2.37. The molecule has 1 fully saturated rings. The van der Waals surface area contributed by atoms with Gasteiger partial charge in [0.15, 0.2) is 11.6 Å². The van der Waals surface area contributed by atoms with Crippen molar-refractivity contribution >= 4 is 117 Å². The molecule has 696 valence electrons. The van der Waals surface area contributed by atoms with Crippen molar-refractivity contribution < 1.29 is 96.8 Å². The topological polar surface area (TPSA) is 473 Å². The molecule has 1 aliphatic rings. The highest BCUT2D eigenvalue weighted by Crippen LogP contribution is 2.28. The summed E-state index contributed by atoms with van der Waals surface area (Å²) >= 11 is 0.863. The number of ketones is 3. The lowest BCUT2D eigenvalue weighted by atomic mass is 9.84. The molecule has 1 aromatic heterocycles. The first-order valence-corrected chi connectivity index (χ1v) is 44.6. The number of nitrogens with two attached hydrogens (primary N) is 1. The van der Waals surface area contributed by atoms with Crippen molar-refractivity contribution in [2.24, 2.45) is 29.4 Å². The van der Waals surface area contributed by atoms with Crippen molar-refractivity contribution in [1.82, 2.24) is 61.4 Å². The quantitative estimate of drug-likeness (QED) is 0.0330. The van der Waals surface area contributed by atoms with E-state index in [1.54, 1.807) is 131 Å². The lowest BCUT2D eigenvalue weighted by Crippen LogP contribution is -2.59. The second-order valence-electron chi connectivity index (χ2n) is 33.9. The number of fused-ring (bicyclic) bond motifs is 1. The van der Waals surface area contributed by atoms with Crippen LogP contribution < -0.4 is 37.6 Å². The first kappa shape index (κ1) is 102. The van der Waals surface area contributed by atoms with E-state index in [0.29, 0.717) is 57.1 Å². The number of phenolic OH excluding ortho intramolecular Hbond substituents is 3. The maximum atomic E-state index is 15.6. The van der Waals surface area contributed by atoms with Gasteiger partial charge in [0.2, 0.25) is 70.9 Å². The zero-order valence-electron chi connectivity index (χ0n) is 75.1. The average Bonchev–Trinajstić information content (AvgIpc) is 0.918. The normalized spacial score (nSPS) is 22.0. The second-order valence-corrected chi connectivity index (χ2v) is 35.0. The Balaban J connectivity index is 1.21. The highest BCUT2D eigenvalue weighted by molar-refractivity contribution is 8.00. The minimum absolute atomic E-state index is 0.0523. The lowest BCUT2D eigenvalue weighted by molar-refractivity contribution is -0.151. The number of aromatic nitrogens is 1. The number of aromatic amines is 1. The Morgan fingerprint density at radius 2 is 0.969 bits per heavy atom. The van der Waals surface area contributed by atoms with Gasteiger partial charge in [0.25, 0.3) is 6.47 Å². The third-order valence-electron chi connectivity index (χ3n) is 23.0. The van der Waals surface area contributed by atoms with Gasteiger partial charge in [-0.25, -0.2) is 0 Å². The van der Waals surface area contributed by atoms with Crippen LogP contribution in [0.3, 0.4) is 0 Å². The number of unbranched alkanes of at least 4 members (excludes halogenated alkanes) is 1. The molecule has 1 saturated heterocycles. The van der Waals surface area contributed by atoms with Gasteiger partial charge in [-0.1, -0.05) is 163 Å². The molecule has 7 aromatic rings. The van der Waals surface area contributed by atoms with Gasteiger partial charge < -0.3 is 87.2 Å². The molecule has 0 saturated carbocycles. The van der Waals surface area contributed by atoms with Gasteiger partial charge >= 0.3 is 0 Å². The number of carbonyl (C=O) groups is 16. The monoisotopic (exact) mass is 1810 g/mol. The summed E-state index contributed by atoms with van der Waals surface area (Å²) in [6.45, 7) is 6.77. The Labute approximate surface area is 760 Å². The molecule has 12 N–H and O–H groups in total. The molecule has 11 atom stereocenters. The molecule has 33 nitrogen and oxygen atoms in total. The number of nitrogens with zero attached hydrogens (tertiary/aromatic N) is 5. The van der Waals surface area contributed by atoms with Crippen molar-refractivity contribution in [2.45, 2.75) is 179 Å². The van der Waals surface area contributed by atoms with Crippen LogP contribution >= 0.6 is 11.8 Å². The molecule has 1 aliphatic heterocycles. The van der Waals surface area contributed by atoms with Crippen LogP contribution in [0.25, 0.3) is 10.9 Å². The summed E-state index contributed by atoms with van der Waals surface area (Å²) in [6, 6.07) is 28.4. The van der Waals surface area contributed by atoms with Crippen LogP contribution in [-0.4, -0.2) is 260 Å². The molecule has 0 radical (unpaired) electrons. The van der Waals surface area contributed by atoms with E-state index in [0.717, 1.165) is 31.4 Å². The standard InChI is InChI=1S/C96H121N13O20S/c1-11-12-27-80-95(127)105(6)52-70(114)48-66(54-129-57-110)84(116)50-72(59(4)5)92(124)108(9)81(46-61-23-17-14-18-24-61)91(123)103-77(45-63-30-36-68(112)37-31-63)93(125)106(7)53-86(118)99-76(49-65-51-98-73-26-20-19-25-71(65)73)90(122)102-75(43-62-28-34-67(111)35-29-62)89(121)101-74(42-58(2)3)88(120)104-79(83(115)40-41-85(97)117)55-130-56-87(119)100-78(44-60-21-15-13-16-22-60)94(126)109(10)82(96(128)107(80)8)47-64-32-38-69(113)39-33-64/h13-26,28-39,51,57-59,66,72,74-82,98,111-113H,11-12,27,40-50,52-56H2,1-10H3,(H2,97,117)(H,99,118)(H,100,119)(H,101,121)(H,102,122)(H,103,123)(H,104,120)/t66-,72-,74-,75-,76-,77-,78-,79-,80-,81-,82-/m0/s1. The summed E-state index contributed by atoms with van der Waals surface area (Å²) < 4.78 is 5.15. The summed E-state index contributed by atoms with van der Waals surface area (Å²) in [7, 11) is 6.70. The average molecular weight is 1810 g/mol. The van der Waals surface area contributed by atoms with Gasteiger partial charge in [0.1, 0.15) is 78.0 Å². The number of hydrogen-bond donors (Lipinski definition) is 11. The van der Waals surface area contributed by atoms with E-state index < -0.39 is 211 Å². The maximum absolute atomic E-state index is 15.6. The molecule has 2 heterocycles. The molecule has 0 aliphatic carbocycles. The third-order valence-corrected chi connectivity index (χ3v) is 24.1. The Morgan fingerprint density at radius 1 is 0.492 bits per heavy atom. The zero-order valence-corrected chi connectivity index (χ0v) is 75.9. The van der Waals surface area contributed by atoms with E-state index >= 15 is 43.2 Å². The van der Waals surface area contributed by atoms with E-state index in [4.69, 9.17) is 10.5 Å². The fraction of sp³-hybridized carbons (Fsp3) is 0.438. The number of Topliss-reactive ketones (excluding diaryl/α,β-unsaturated/α-hetero) is 3. The van der Waals surface area contributed by atoms with Crippen LogP contribution in [0.4, 0.5) is 0 Å². The highest BCUT2D eigenvalue weighted by atomic mass is 32.2. The molecular weight excluding hydrogens is 1690 g/mol. The molecular formula is C96H121N13O20S. The van der Waals surface area contributed by atoms with Crippen molar-refractivity contribution in [3.63, 3.8) is 0 Å². The largest absolute Gasteiger partial charge is 0.508 e. The summed E-state index contributed by atoms with van der Waals surface area (Å²) in [4.78, 5) is 244. The predicted octanol–water partition coefficient (Wildman–Crippen LogP) is 5.14. The molecule has 0 bridgehead atoms. The molecule has 8 rings (SSSR count). The Hall–Kier alpha value is -13.3. The van der Waals surface area contributed by atoms with Gasteiger partial charge in [0, 0.05) is 128 Å². The zero-order chi connectivity index (χ0) is 95.0. The van der Waals surface area contributed by atoms with Gasteiger partial charge in [-0.2, -0.15) is 0 Å². The van der Waals surface area contributed by atoms with Crippen LogP contribution in [-0.2, 0) is 120 Å². The van der Waals surface area contributed by atoms with Crippen molar-refractivity contribution in [1.29, 1.82) is 0 Å². The van der Waals surface area contributed by atoms with E-state index in [-0.39, 0.29) is 86.8 Å². The number of likely N-dealkylation sites (N-methyl/N-ethyl adjacent to an activating group) is 5. The third kappa shape index (κ3) is 30.7. The number of H-pyrrole nitrogens is 1. The SMILES string of the molecule is CCCC[C@H]1C(=O)N(C)CC(=O)C[C@@H](COC=O)C(=O)C[C@@H](C(C)C)C(=O)N(C)[C@@H](Cc2ccccc2)C(=O)N[C@@H](Cc2ccc(O)cc2)C(=O)N(C)CC(=O)N[C@@H](Cc2c[nH]c3ccccc23)C(=O)N[C@@H](Cc2ccc(O)cc2)C(=O)N[C@@H](CC(C)C)C(=O)N[C@H](C(=O)CCC(N)=O)CSCC(=O)N[C@@H](Cc2ccccc2)C(=O)N(C)[C@@H](Cc2ccc(O)cc2)C(=O)N1C. The molecule has 6 aromatic carbocycles. The van der Waals surface area contributed by atoms with Gasteiger partial charge in [-0.05, 0) is 101 Å². The molecule has 130 heavy (non-hydrogen) atoms. The number of aromatic hydroxyl groups is 3. The number of carbonyl (C=O) groups excluding carboxylic acids is 16. The summed E-state index contributed by atoms with van der Waals surface area (Å²) in [5.41, 5.74) is 9.15. The first-order chi connectivity index (χ1) is 61.9. The van der Waals surface area contributed by atoms with Crippen LogP contribution in [0, 0.1) is 23.7 Å². The smallest absolute Gasteiger partial charge is 0.293 e. The second kappa shape index (κ2) is 49.9. The Kier molecular flexibility index (Phi) is 39.2. The Morgan fingerprint density at radius 3 is 1.53 bits per heavy atom. The number of phenols is 3. The van der Waals surface area contributed by atoms with Gasteiger partial charge in [-0.3, -0.25) is 76.7 Å². The van der Waals surface area contributed by atoms with Crippen LogP contribution in [0.15, 0.2) is 164 Å². The Bertz CT molecular complexity index is 5080. The number of benzene rings is 6. The first-order valence-electron chi connectivity index (χ1n) is 43.5. The minimum atomic E-state index is -1.58. The van der Waals surface area contributed by atoms with Gasteiger partial charge in [-0.15, -0.1) is 11.8 Å². The van der Waals surface area contributed by atoms with Crippen molar-refractivity contribution in [3.8, 4) is 17.2 Å². The number of amides is 12. The van der Waals surface area contributed by atoms with E-state index in [1.807, 2.05) is 6.92 Å². The number of thioether (sulfide) groups is 1. The summed E-state index contributed by atoms with van der Waals surface area (Å²) in [5.74, 6) is -16.8. The number of hydrogen-bond acceptors (Lipinski definition) is 21. The van der Waals surface area contributed by atoms with Crippen LogP contribution in [0.1, 0.15) is 119 Å². The molecule has 0 unspecified atom stereocenters. The fourth-order valence-electron chi connectivity index (χ4n) is 15.6. The van der Waals surface area contributed by atoms with Crippen molar-refractivity contribution in [3.05, 3.63) is 197 Å². The highest BCUT2D eigenvalue weighted by Gasteiger charge is 2.42. The number of rotatable bonds is 25. The molecule has 34 heteroatoms. The van der Waals surface area contributed by atoms with Crippen LogP contribution in [0.2, 0.25) is 0 Å². The fourth-order valence-corrected chi connectivity index (χ4v) is 16.5. The maximum Gasteiger partial charge on any atom is 0.293 e. The van der Waals surface area contributed by atoms with E-state index in [9.17, 15) is 48.9 Å². The van der Waals surface area contributed by atoms with E-state index in [2.05, 4.69) is 36.9 Å². The molecule has 12 amide bonds. The number of ether oxygens (including phenoxy) is 1. The number of nitrogens with one attached hydrogen (secondary N) is 7. The van der Waals surface area contributed by atoms with Crippen molar-refractivity contribution in [2.75, 3.05) is 66.4 Å². The van der Waals surface area contributed by atoms with Crippen LogP contribution in [0.5, 0.6) is 17.2 Å². The number of para-hydroxylation sites is 1. The molecule has 0 spiro atoms. The summed E-state index contributed by atoms with van der Waals surface area (Å²) in [5, 5.41) is 48.5. The minimum Gasteiger partial charge on any atom is -0.508 e. The van der Waals surface area contributed by atoms with Gasteiger partial charge in [0.05, 0.1) is 30.8 Å². The summed E-state index contributed by atoms with van der Waals surface area (Å²) in [6.07, 6.45) is -0.836. The van der Waals surface area contributed by atoms with E-state index in [1.165, 1.54) is 101 Å².